The van der Waals surface area contributed by atoms with Crippen LogP contribution in [-0.2, 0) is 16.4 Å². The Balaban J connectivity index is 1.49. The van der Waals surface area contributed by atoms with E-state index < -0.39 is 10.0 Å². The van der Waals surface area contributed by atoms with Crippen LogP contribution in [0, 0.1) is 0 Å². The van der Waals surface area contributed by atoms with E-state index in [1.165, 1.54) is 11.8 Å². The molecule has 6 heteroatoms. The van der Waals surface area contributed by atoms with Gasteiger partial charge < -0.3 is 4.90 Å². The fourth-order valence-electron chi connectivity index (χ4n) is 3.30. The number of hydrogen-bond donors (Lipinski definition) is 1. The lowest BCUT2D eigenvalue weighted by atomic mass is 10.1. The zero-order chi connectivity index (χ0) is 17.5. The maximum absolute atomic E-state index is 12.4. The van der Waals surface area contributed by atoms with Crippen LogP contribution >= 0.6 is 0 Å². The van der Waals surface area contributed by atoms with Crippen molar-refractivity contribution in [3.8, 4) is 0 Å². The normalized spacial score (nSPS) is 19.0. The summed E-state index contributed by atoms with van der Waals surface area (Å²) in [5.74, 6) is 0. The van der Waals surface area contributed by atoms with Gasteiger partial charge in [-0.25, -0.2) is 13.1 Å². The minimum absolute atomic E-state index is 0.0318. The van der Waals surface area contributed by atoms with Gasteiger partial charge in [0.25, 0.3) is 0 Å². The van der Waals surface area contributed by atoms with Crippen molar-refractivity contribution in [2.75, 3.05) is 19.6 Å². The molecule has 1 aliphatic rings. The predicted molar refractivity (Wildman–Crippen MR) is 98.8 cm³/mol. The quantitative estimate of drug-likeness (QED) is 0.825. The zero-order valence-electron chi connectivity index (χ0n) is 14.3. The van der Waals surface area contributed by atoms with Crippen LogP contribution in [0.2, 0.25) is 0 Å². The van der Waals surface area contributed by atoms with Crippen LogP contribution in [0.25, 0.3) is 0 Å². The van der Waals surface area contributed by atoms with E-state index in [9.17, 15) is 8.42 Å². The summed E-state index contributed by atoms with van der Waals surface area (Å²) in [7, 11) is -3.49. The standard InChI is InChI=1S/C19H25N3O2S/c23-25(24,19-11-4-12-20-15-19)21-18-10-6-14-22(16-18)13-5-9-17-7-2-1-3-8-17/h1-4,7-8,11-12,15,18,21H,5-6,9-10,13-14,16H2/t18-/m1/s1. The first-order chi connectivity index (χ1) is 12.1. The number of sulfonamides is 1. The van der Waals surface area contributed by atoms with Crippen molar-refractivity contribution in [1.82, 2.24) is 14.6 Å². The summed E-state index contributed by atoms with van der Waals surface area (Å²) in [6.45, 7) is 2.81. The summed E-state index contributed by atoms with van der Waals surface area (Å²) in [4.78, 5) is 6.50. The van der Waals surface area contributed by atoms with E-state index in [2.05, 4.69) is 38.9 Å². The summed E-state index contributed by atoms with van der Waals surface area (Å²) in [6, 6.07) is 13.7. The monoisotopic (exact) mass is 359 g/mol. The number of aryl methyl sites for hydroxylation is 1. The van der Waals surface area contributed by atoms with E-state index in [0.29, 0.717) is 0 Å². The number of likely N-dealkylation sites (tertiary alicyclic amines) is 1. The molecule has 0 radical (unpaired) electrons. The molecular formula is C19H25N3O2S. The van der Waals surface area contributed by atoms with Crippen LogP contribution in [0.3, 0.4) is 0 Å². The van der Waals surface area contributed by atoms with Crippen LogP contribution < -0.4 is 4.72 Å². The van der Waals surface area contributed by atoms with Crippen molar-refractivity contribution in [3.05, 3.63) is 60.4 Å². The van der Waals surface area contributed by atoms with Gasteiger partial charge in [0.05, 0.1) is 0 Å². The van der Waals surface area contributed by atoms with Gasteiger partial charge in [-0.2, -0.15) is 0 Å². The van der Waals surface area contributed by atoms with Gasteiger partial charge in [0.2, 0.25) is 10.0 Å². The molecule has 0 aliphatic carbocycles. The number of piperidine rings is 1. The summed E-state index contributed by atoms with van der Waals surface area (Å²) in [5.41, 5.74) is 1.35. The fraction of sp³-hybridized carbons (Fsp3) is 0.421. The van der Waals surface area contributed by atoms with Crippen molar-refractivity contribution in [3.63, 3.8) is 0 Å². The Morgan fingerprint density at radius 2 is 2.00 bits per heavy atom. The summed E-state index contributed by atoms with van der Waals surface area (Å²) >= 11 is 0. The zero-order valence-corrected chi connectivity index (χ0v) is 15.2. The van der Waals surface area contributed by atoms with E-state index in [-0.39, 0.29) is 10.9 Å². The lowest BCUT2D eigenvalue weighted by molar-refractivity contribution is 0.200. The van der Waals surface area contributed by atoms with Gasteiger partial charge in [-0.1, -0.05) is 30.3 Å². The molecule has 1 atom stereocenters. The van der Waals surface area contributed by atoms with Crippen molar-refractivity contribution < 1.29 is 8.42 Å². The minimum Gasteiger partial charge on any atom is -0.302 e. The number of pyridine rings is 1. The molecule has 5 nitrogen and oxygen atoms in total. The molecule has 134 valence electrons. The predicted octanol–water partition coefficient (Wildman–Crippen LogP) is 2.46. The fourth-order valence-corrected chi connectivity index (χ4v) is 4.52. The maximum Gasteiger partial charge on any atom is 0.242 e. The topological polar surface area (TPSA) is 62.3 Å². The second-order valence-electron chi connectivity index (χ2n) is 6.54. The van der Waals surface area contributed by atoms with E-state index in [1.54, 1.807) is 18.3 Å². The van der Waals surface area contributed by atoms with E-state index in [1.807, 2.05) is 6.07 Å². The molecule has 0 amide bonds. The van der Waals surface area contributed by atoms with Gasteiger partial charge in [-0.3, -0.25) is 4.98 Å². The van der Waals surface area contributed by atoms with Crippen molar-refractivity contribution in [1.29, 1.82) is 0 Å². The first-order valence-electron chi connectivity index (χ1n) is 8.82. The van der Waals surface area contributed by atoms with Gasteiger partial charge in [0.15, 0.2) is 0 Å². The van der Waals surface area contributed by atoms with Crippen molar-refractivity contribution in [2.24, 2.45) is 0 Å². The Kier molecular flexibility index (Phi) is 6.18. The maximum atomic E-state index is 12.4. The van der Waals surface area contributed by atoms with Crippen LogP contribution in [-0.4, -0.2) is 44.0 Å². The Hall–Kier alpha value is -1.76. The minimum atomic E-state index is -3.49. The highest BCUT2D eigenvalue weighted by Gasteiger charge is 2.25. The first kappa shape index (κ1) is 18.0. The van der Waals surface area contributed by atoms with Crippen LogP contribution in [0.1, 0.15) is 24.8 Å². The molecule has 0 bridgehead atoms. The van der Waals surface area contributed by atoms with E-state index in [4.69, 9.17) is 0 Å². The largest absolute Gasteiger partial charge is 0.302 e. The molecule has 0 saturated carbocycles. The summed E-state index contributed by atoms with van der Waals surface area (Å²) in [5, 5.41) is 0. The average molecular weight is 359 g/mol. The molecular weight excluding hydrogens is 334 g/mol. The molecule has 3 rings (SSSR count). The molecule has 0 unspecified atom stereocenters. The number of rotatable bonds is 7. The van der Waals surface area contributed by atoms with Crippen LogP contribution in [0.15, 0.2) is 59.8 Å². The van der Waals surface area contributed by atoms with Gasteiger partial charge >= 0.3 is 0 Å². The van der Waals surface area contributed by atoms with Gasteiger partial charge in [0, 0.05) is 25.0 Å². The molecule has 2 aromatic rings. The Morgan fingerprint density at radius 1 is 1.16 bits per heavy atom. The number of hydrogen-bond acceptors (Lipinski definition) is 4. The van der Waals surface area contributed by atoms with Crippen molar-refractivity contribution >= 4 is 10.0 Å². The third-order valence-electron chi connectivity index (χ3n) is 4.55. The van der Waals surface area contributed by atoms with Crippen LogP contribution in [0.4, 0.5) is 0 Å². The Morgan fingerprint density at radius 3 is 2.76 bits per heavy atom. The van der Waals surface area contributed by atoms with E-state index in [0.717, 1.165) is 45.3 Å². The highest BCUT2D eigenvalue weighted by atomic mass is 32.2. The highest BCUT2D eigenvalue weighted by Crippen LogP contribution is 2.15. The molecule has 1 aromatic heterocycles. The van der Waals surface area contributed by atoms with Gasteiger partial charge in [0.1, 0.15) is 4.90 Å². The second-order valence-corrected chi connectivity index (χ2v) is 8.25. The SMILES string of the molecule is O=S(=O)(N[C@@H]1CCCN(CCCc2ccccc2)C1)c1cccnc1. The first-order valence-corrected chi connectivity index (χ1v) is 10.3. The Bertz CT molecular complexity index is 751. The molecule has 1 fully saturated rings. The number of benzene rings is 1. The molecule has 1 saturated heterocycles. The van der Waals surface area contributed by atoms with Gasteiger partial charge in [-0.15, -0.1) is 0 Å². The molecule has 1 aromatic carbocycles. The van der Waals surface area contributed by atoms with E-state index >= 15 is 0 Å². The lowest BCUT2D eigenvalue weighted by Crippen LogP contribution is -2.47. The molecule has 25 heavy (non-hydrogen) atoms. The van der Waals surface area contributed by atoms with Crippen molar-refractivity contribution in [2.45, 2.75) is 36.6 Å². The molecule has 1 aliphatic heterocycles. The number of nitrogens with zero attached hydrogens (tertiary/aromatic N) is 2. The molecule has 1 N–H and O–H groups in total. The highest BCUT2D eigenvalue weighted by molar-refractivity contribution is 7.89. The lowest BCUT2D eigenvalue weighted by Gasteiger charge is -2.33. The van der Waals surface area contributed by atoms with Gasteiger partial charge in [-0.05, 0) is 56.5 Å². The summed E-state index contributed by atoms with van der Waals surface area (Å²) < 4.78 is 27.7. The third kappa shape index (κ3) is 5.36. The molecule has 0 spiro atoms. The molecule has 2 heterocycles. The second kappa shape index (κ2) is 8.56. The number of aromatic nitrogens is 1. The number of nitrogens with one attached hydrogen (secondary N) is 1. The average Bonchev–Trinajstić information content (AvgIpc) is 2.63. The third-order valence-corrected chi connectivity index (χ3v) is 6.06. The smallest absolute Gasteiger partial charge is 0.242 e. The summed E-state index contributed by atoms with van der Waals surface area (Å²) in [6.07, 6.45) is 7.02. The Labute approximate surface area is 150 Å². The van der Waals surface area contributed by atoms with Crippen LogP contribution in [0.5, 0.6) is 0 Å².